The zero-order valence-corrected chi connectivity index (χ0v) is 18.7. The van der Waals surface area contributed by atoms with E-state index in [9.17, 15) is 13.2 Å². The van der Waals surface area contributed by atoms with Crippen molar-refractivity contribution in [1.82, 2.24) is 4.72 Å². The summed E-state index contributed by atoms with van der Waals surface area (Å²) in [5.41, 5.74) is 2.53. The Balaban J connectivity index is 1.63. The van der Waals surface area contributed by atoms with E-state index in [4.69, 9.17) is 16.3 Å². The molecule has 0 aliphatic carbocycles. The van der Waals surface area contributed by atoms with E-state index >= 15 is 0 Å². The number of amides is 1. The Morgan fingerprint density at radius 3 is 2.45 bits per heavy atom. The lowest BCUT2D eigenvalue weighted by atomic mass is 10.1. The molecule has 1 atom stereocenters. The molecule has 0 spiro atoms. The minimum Gasteiger partial charge on any atom is -0.482 e. The molecule has 6 nitrogen and oxygen atoms in total. The molecule has 3 rings (SSSR count). The lowest BCUT2D eigenvalue weighted by Gasteiger charge is -2.15. The molecule has 3 aromatic carbocycles. The number of nitrogens with one attached hydrogen (secondary N) is 2. The predicted octanol–water partition coefficient (Wildman–Crippen LogP) is 4.71. The van der Waals surface area contributed by atoms with E-state index in [1.807, 2.05) is 55.5 Å². The Morgan fingerprint density at radius 1 is 1.03 bits per heavy atom. The number of rotatable bonds is 8. The molecule has 0 aromatic heterocycles. The number of carbonyl (C=O) groups excluding carboxylic acids is 1. The van der Waals surface area contributed by atoms with Gasteiger partial charge in [-0.25, -0.2) is 13.1 Å². The standard InChI is InChI=1S/C23H23ClN2O4S/c1-16-7-6-10-19(13-16)25-23(27)15-30-22-12-11-20(14-21(22)24)31(28,29)26-17(2)18-8-4-3-5-9-18/h3-14,17,26H,15H2,1-2H3,(H,25,27)/t17-/m0/s1. The fourth-order valence-electron chi connectivity index (χ4n) is 2.94. The molecular weight excluding hydrogens is 436 g/mol. The van der Waals surface area contributed by atoms with E-state index in [1.165, 1.54) is 18.2 Å². The zero-order valence-electron chi connectivity index (χ0n) is 17.1. The largest absolute Gasteiger partial charge is 0.482 e. The summed E-state index contributed by atoms with van der Waals surface area (Å²) in [5.74, 6) is -0.132. The normalized spacial score (nSPS) is 12.2. The number of aryl methyl sites for hydroxylation is 1. The first-order valence-electron chi connectivity index (χ1n) is 9.61. The highest BCUT2D eigenvalue weighted by molar-refractivity contribution is 7.89. The van der Waals surface area contributed by atoms with E-state index in [-0.39, 0.29) is 28.2 Å². The highest BCUT2D eigenvalue weighted by Crippen LogP contribution is 2.28. The zero-order chi connectivity index (χ0) is 22.4. The molecule has 31 heavy (non-hydrogen) atoms. The number of halogens is 1. The fraction of sp³-hybridized carbons (Fsp3) is 0.174. The van der Waals surface area contributed by atoms with E-state index in [0.717, 1.165) is 11.1 Å². The van der Waals surface area contributed by atoms with Crippen LogP contribution < -0.4 is 14.8 Å². The van der Waals surface area contributed by atoms with E-state index < -0.39 is 16.1 Å². The molecule has 0 saturated carbocycles. The second kappa shape index (κ2) is 9.96. The van der Waals surface area contributed by atoms with Gasteiger partial charge in [0.2, 0.25) is 10.0 Å². The number of hydrogen-bond donors (Lipinski definition) is 2. The lowest BCUT2D eigenvalue weighted by molar-refractivity contribution is -0.118. The second-order valence-electron chi connectivity index (χ2n) is 7.05. The van der Waals surface area contributed by atoms with Crippen molar-refractivity contribution in [1.29, 1.82) is 0 Å². The predicted molar refractivity (Wildman–Crippen MR) is 122 cm³/mol. The summed E-state index contributed by atoms with van der Waals surface area (Å²) in [7, 11) is -3.79. The third-order valence-electron chi connectivity index (χ3n) is 4.51. The van der Waals surface area contributed by atoms with Gasteiger partial charge in [0.1, 0.15) is 5.75 Å². The van der Waals surface area contributed by atoms with Gasteiger partial charge in [0, 0.05) is 11.7 Å². The van der Waals surface area contributed by atoms with Crippen LogP contribution in [0.2, 0.25) is 5.02 Å². The highest BCUT2D eigenvalue weighted by atomic mass is 35.5. The van der Waals surface area contributed by atoms with Gasteiger partial charge in [0.25, 0.3) is 5.91 Å². The van der Waals surface area contributed by atoms with Gasteiger partial charge in [-0.2, -0.15) is 0 Å². The minimum atomic E-state index is -3.79. The monoisotopic (exact) mass is 458 g/mol. The molecule has 0 fully saturated rings. The summed E-state index contributed by atoms with van der Waals surface area (Å²) in [4.78, 5) is 12.1. The molecule has 0 heterocycles. The third kappa shape index (κ3) is 6.30. The summed E-state index contributed by atoms with van der Waals surface area (Å²) in [6.45, 7) is 3.43. The quantitative estimate of drug-likeness (QED) is 0.512. The van der Waals surface area contributed by atoms with Gasteiger partial charge in [0.15, 0.2) is 6.61 Å². The second-order valence-corrected chi connectivity index (χ2v) is 9.17. The summed E-state index contributed by atoms with van der Waals surface area (Å²) >= 11 is 6.20. The SMILES string of the molecule is Cc1cccc(NC(=O)COc2ccc(S(=O)(=O)N[C@@H](C)c3ccccc3)cc2Cl)c1. The molecule has 2 N–H and O–H groups in total. The molecule has 0 bridgehead atoms. The van der Waals surface area contributed by atoms with Gasteiger partial charge < -0.3 is 10.1 Å². The molecule has 162 valence electrons. The van der Waals surface area contributed by atoms with Crippen LogP contribution in [0.3, 0.4) is 0 Å². The third-order valence-corrected chi connectivity index (χ3v) is 6.34. The Bertz CT molecular complexity index is 1170. The van der Waals surface area contributed by atoms with E-state index in [2.05, 4.69) is 10.0 Å². The molecule has 0 unspecified atom stereocenters. The molecule has 0 aliphatic rings. The maximum absolute atomic E-state index is 12.7. The molecule has 0 saturated heterocycles. The number of anilines is 1. The van der Waals surface area contributed by atoms with Gasteiger partial charge >= 0.3 is 0 Å². The van der Waals surface area contributed by atoms with Crippen LogP contribution in [-0.2, 0) is 14.8 Å². The smallest absolute Gasteiger partial charge is 0.262 e. The van der Waals surface area contributed by atoms with Crippen LogP contribution in [0, 0.1) is 6.92 Å². The van der Waals surface area contributed by atoms with Gasteiger partial charge in [-0.05, 0) is 55.3 Å². The Morgan fingerprint density at radius 2 is 1.77 bits per heavy atom. The van der Waals surface area contributed by atoms with Crippen LogP contribution in [0.25, 0.3) is 0 Å². The van der Waals surface area contributed by atoms with Crippen molar-refractivity contribution in [3.63, 3.8) is 0 Å². The van der Waals surface area contributed by atoms with Crippen molar-refractivity contribution in [3.8, 4) is 5.75 Å². The molecule has 1 amide bonds. The lowest BCUT2D eigenvalue weighted by Crippen LogP contribution is -2.27. The molecular formula is C23H23ClN2O4S. The summed E-state index contributed by atoms with van der Waals surface area (Å²) in [5, 5.41) is 2.83. The van der Waals surface area contributed by atoms with Crippen LogP contribution in [0.5, 0.6) is 5.75 Å². The van der Waals surface area contributed by atoms with Crippen molar-refractivity contribution < 1.29 is 17.9 Å². The molecule has 0 aliphatic heterocycles. The first-order chi connectivity index (χ1) is 14.7. The van der Waals surface area contributed by atoms with Gasteiger partial charge in [-0.3, -0.25) is 4.79 Å². The first kappa shape index (κ1) is 22.8. The molecule has 0 radical (unpaired) electrons. The Hall–Kier alpha value is -2.87. The fourth-order valence-corrected chi connectivity index (χ4v) is 4.50. The molecule has 3 aromatic rings. The number of ether oxygens (including phenoxy) is 1. The Kier molecular flexibility index (Phi) is 7.33. The summed E-state index contributed by atoms with van der Waals surface area (Å²) in [6, 6.07) is 20.4. The van der Waals surface area contributed by atoms with Crippen molar-refractivity contribution >= 4 is 33.2 Å². The average molecular weight is 459 g/mol. The minimum absolute atomic E-state index is 0.0110. The average Bonchev–Trinajstić information content (AvgIpc) is 2.73. The van der Waals surface area contributed by atoms with Crippen molar-refractivity contribution in [2.45, 2.75) is 24.8 Å². The Labute approximate surface area is 187 Å². The topological polar surface area (TPSA) is 84.5 Å². The van der Waals surface area contributed by atoms with Crippen LogP contribution >= 0.6 is 11.6 Å². The molecule has 8 heteroatoms. The van der Waals surface area contributed by atoms with E-state index in [1.54, 1.807) is 13.0 Å². The first-order valence-corrected chi connectivity index (χ1v) is 11.5. The van der Waals surface area contributed by atoms with Crippen molar-refractivity contribution in [2.24, 2.45) is 0 Å². The van der Waals surface area contributed by atoms with Gasteiger partial charge in [0.05, 0.1) is 9.92 Å². The van der Waals surface area contributed by atoms with Crippen LogP contribution in [0.15, 0.2) is 77.7 Å². The van der Waals surface area contributed by atoms with Crippen LogP contribution in [0.1, 0.15) is 24.1 Å². The highest BCUT2D eigenvalue weighted by Gasteiger charge is 2.20. The number of carbonyl (C=O) groups is 1. The van der Waals surface area contributed by atoms with E-state index in [0.29, 0.717) is 5.69 Å². The summed E-state index contributed by atoms with van der Waals surface area (Å²) in [6.07, 6.45) is 0. The van der Waals surface area contributed by atoms with Crippen molar-refractivity contribution in [3.05, 3.63) is 88.9 Å². The van der Waals surface area contributed by atoms with Gasteiger partial charge in [-0.15, -0.1) is 0 Å². The summed E-state index contributed by atoms with van der Waals surface area (Å²) < 4.78 is 33.5. The maximum Gasteiger partial charge on any atom is 0.262 e. The maximum atomic E-state index is 12.7. The number of benzene rings is 3. The van der Waals surface area contributed by atoms with Crippen LogP contribution in [0.4, 0.5) is 5.69 Å². The van der Waals surface area contributed by atoms with Crippen molar-refractivity contribution in [2.75, 3.05) is 11.9 Å². The number of sulfonamides is 1. The number of hydrogen-bond acceptors (Lipinski definition) is 4. The van der Waals surface area contributed by atoms with Crippen LogP contribution in [-0.4, -0.2) is 20.9 Å². The van der Waals surface area contributed by atoms with Gasteiger partial charge in [-0.1, -0.05) is 54.1 Å².